The largest absolute Gasteiger partial charge is 0.406 e. The monoisotopic (exact) mass is 168 g/mol. The smallest absolute Gasteiger partial charge is 0.240 e. The van der Waals surface area contributed by atoms with Crippen molar-refractivity contribution in [3.8, 4) is 0 Å². The van der Waals surface area contributed by atoms with Crippen LogP contribution in [0.1, 0.15) is 0 Å². The van der Waals surface area contributed by atoms with E-state index in [4.69, 9.17) is 0 Å². The first-order chi connectivity index (χ1) is 5.34. The van der Waals surface area contributed by atoms with E-state index in [1.165, 1.54) is 6.26 Å². The highest BCUT2D eigenvalue weighted by molar-refractivity contribution is 7.80. The molecule has 1 aromatic carbocycles. The predicted octanol–water partition coefficient (Wildman–Crippen LogP) is 1.87. The molecule has 58 valence electrons. The maximum Gasteiger partial charge on any atom is 0.240 e. The van der Waals surface area contributed by atoms with Crippen LogP contribution in [0.3, 0.4) is 0 Å². The molecule has 0 amide bonds. The van der Waals surface area contributed by atoms with E-state index in [9.17, 15) is 4.21 Å². The summed E-state index contributed by atoms with van der Waals surface area (Å²) in [5.74, 6) is 0. The molecular formula is C8H8O2S. The Morgan fingerprint density at radius 2 is 2.00 bits per heavy atom. The molecule has 0 aromatic heterocycles. The fraction of sp³-hybridized carbons (Fsp3) is 0. The van der Waals surface area contributed by atoms with Crippen molar-refractivity contribution in [2.24, 2.45) is 0 Å². The van der Waals surface area contributed by atoms with E-state index in [-0.39, 0.29) is 0 Å². The molecule has 1 rings (SSSR count). The molecule has 2 nitrogen and oxygen atoms in total. The van der Waals surface area contributed by atoms with Gasteiger partial charge in [0.2, 0.25) is 11.1 Å². The van der Waals surface area contributed by atoms with Crippen LogP contribution in [0.15, 0.2) is 48.1 Å². The Balaban J connectivity index is 2.77. The lowest BCUT2D eigenvalue weighted by Gasteiger charge is -1.97. The summed E-state index contributed by atoms with van der Waals surface area (Å²) in [6.07, 6.45) is 1.17. The van der Waals surface area contributed by atoms with Crippen molar-refractivity contribution in [3.05, 3.63) is 43.2 Å². The van der Waals surface area contributed by atoms with Crippen LogP contribution in [-0.2, 0) is 15.3 Å². The molecule has 0 saturated heterocycles. The highest BCUT2D eigenvalue weighted by Gasteiger charge is 1.99. The second kappa shape index (κ2) is 3.93. The first-order valence-electron chi connectivity index (χ1n) is 3.09. The minimum atomic E-state index is -1.40. The van der Waals surface area contributed by atoms with Crippen LogP contribution in [0.5, 0.6) is 0 Å². The van der Waals surface area contributed by atoms with Crippen molar-refractivity contribution in [3.63, 3.8) is 0 Å². The van der Waals surface area contributed by atoms with Gasteiger partial charge in [-0.2, -0.15) is 0 Å². The van der Waals surface area contributed by atoms with Gasteiger partial charge in [0.15, 0.2) is 0 Å². The van der Waals surface area contributed by atoms with Crippen molar-refractivity contribution in [1.82, 2.24) is 0 Å². The maximum atomic E-state index is 11.1. The summed E-state index contributed by atoms with van der Waals surface area (Å²) in [5, 5.41) is 0. The summed E-state index contributed by atoms with van der Waals surface area (Å²) >= 11 is -1.40. The van der Waals surface area contributed by atoms with E-state index in [1.54, 1.807) is 24.3 Å². The van der Waals surface area contributed by atoms with Crippen molar-refractivity contribution in [1.29, 1.82) is 0 Å². The minimum Gasteiger partial charge on any atom is -0.406 e. The number of hydrogen-bond acceptors (Lipinski definition) is 2. The van der Waals surface area contributed by atoms with Gasteiger partial charge in [-0.1, -0.05) is 24.8 Å². The zero-order valence-electron chi connectivity index (χ0n) is 5.90. The normalized spacial score (nSPS) is 12.0. The third kappa shape index (κ3) is 2.20. The van der Waals surface area contributed by atoms with Gasteiger partial charge < -0.3 is 4.18 Å². The van der Waals surface area contributed by atoms with Gasteiger partial charge in [-0.05, 0) is 12.1 Å². The van der Waals surface area contributed by atoms with E-state index in [2.05, 4.69) is 10.8 Å². The molecule has 0 fully saturated rings. The maximum absolute atomic E-state index is 11.1. The van der Waals surface area contributed by atoms with Crippen molar-refractivity contribution >= 4 is 11.1 Å². The average Bonchev–Trinajstić information content (AvgIpc) is 2.07. The van der Waals surface area contributed by atoms with Gasteiger partial charge in [-0.3, -0.25) is 0 Å². The van der Waals surface area contributed by atoms with Crippen LogP contribution in [0.4, 0.5) is 0 Å². The van der Waals surface area contributed by atoms with E-state index in [1.807, 2.05) is 6.07 Å². The second-order valence-electron chi connectivity index (χ2n) is 1.81. The molecule has 0 bridgehead atoms. The second-order valence-corrected chi connectivity index (χ2v) is 2.94. The van der Waals surface area contributed by atoms with Crippen LogP contribution in [-0.4, -0.2) is 4.21 Å². The lowest BCUT2D eigenvalue weighted by molar-refractivity contribution is 0.507. The Labute approximate surface area is 68.2 Å². The molecule has 0 aliphatic heterocycles. The molecule has 1 aromatic rings. The molecule has 1 unspecified atom stereocenters. The lowest BCUT2D eigenvalue weighted by Crippen LogP contribution is -1.90. The molecule has 0 aliphatic carbocycles. The summed E-state index contributed by atoms with van der Waals surface area (Å²) in [5.41, 5.74) is 0. The first kappa shape index (κ1) is 8.01. The fourth-order valence-electron chi connectivity index (χ4n) is 0.649. The SMILES string of the molecule is C=COS(=O)c1ccccc1. The summed E-state index contributed by atoms with van der Waals surface area (Å²) in [6, 6.07) is 8.94. The first-order valence-corrected chi connectivity index (χ1v) is 4.17. The van der Waals surface area contributed by atoms with Crippen molar-refractivity contribution < 1.29 is 8.39 Å². The standard InChI is InChI=1S/C8H8O2S/c1-2-10-11(9)8-6-4-3-5-7-8/h2-7H,1H2. The van der Waals surface area contributed by atoms with Gasteiger partial charge in [-0.25, -0.2) is 4.21 Å². The van der Waals surface area contributed by atoms with Crippen LogP contribution < -0.4 is 0 Å². The lowest BCUT2D eigenvalue weighted by atomic mass is 10.4. The molecule has 0 heterocycles. The molecular weight excluding hydrogens is 160 g/mol. The van der Waals surface area contributed by atoms with Crippen LogP contribution in [0, 0.1) is 0 Å². The molecule has 1 atom stereocenters. The molecule has 11 heavy (non-hydrogen) atoms. The molecule has 0 N–H and O–H groups in total. The van der Waals surface area contributed by atoms with E-state index < -0.39 is 11.1 Å². The Hall–Kier alpha value is -1.09. The topological polar surface area (TPSA) is 26.3 Å². The molecule has 0 aliphatic rings. The summed E-state index contributed by atoms with van der Waals surface area (Å²) < 4.78 is 15.7. The van der Waals surface area contributed by atoms with Gasteiger partial charge in [0.1, 0.15) is 0 Å². The van der Waals surface area contributed by atoms with Gasteiger partial charge in [0.25, 0.3) is 0 Å². The summed E-state index contributed by atoms with van der Waals surface area (Å²) in [4.78, 5) is 0.646. The molecule has 0 saturated carbocycles. The van der Waals surface area contributed by atoms with Crippen molar-refractivity contribution in [2.45, 2.75) is 4.90 Å². The Bertz CT molecular complexity index is 256. The number of rotatable bonds is 3. The predicted molar refractivity (Wildman–Crippen MR) is 44.1 cm³/mol. The zero-order chi connectivity index (χ0) is 8.10. The number of hydrogen-bond donors (Lipinski definition) is 0. The van der Waals surface area contributed by atoms with Gasteiger partial charge in [0, 0.05) is 0 Å². The van der Waals surface area contributed by atoms with E-state index in [0.717, 1.165) is 0 Å². The Morgan fingerprint density at radius 1 is 1.36 bits per heavy atom. The van der Waals surface area contributed by atoms with Crippen LogP contribution >= 0.6 is 0 Å². The minimum absolute atomic E-state index is 0.646. The third-order valence-corrected chi connectivity index (χ3v) is 2.06. The fourth-order valence-corrected chi connectivity index (χ4v) is 1.26. The third-order valence-electron chi connectivity index (χ3n) is 1.09. The van der Waals surface area contributed by atoms with E-state index in [0.29, 0.717) is 4.90 Å². The highest BCUT2D eigenvalue weighted by atomic mass is 32.2. The highest BCUT2D eigenvalue weighted by Crippen LogP contribution is 2.05. The van der Waals surface area contributed by atoms with Gasteiger partial charge in [-0.15, -0.1) is 0 Å². The molecule has 0 radical (unpaired) electrons. The Morgan fingerprint density at radius 3 is 2.55 bits per heavy atom. The summed E-state index contributed by atoms with van der Waals surface area (Å²) in [7, 11) is 0. The van der Waals surface area contributed by atoms with Gasteiger partial charge in [0.05, 0.1) is 11.2 Å². The molecule has 3 heteroatoms. The quantitative estimate of drug-likeness (QED) is 0.644. The average molecular weight is 168 g/mol. The summed E-state index contributed by atoms with van der Waals surface area (Å²) in [6.45, 7) is 3.31. The van der Waals surface area contributed by atoms with Crippen molar-refractivity contribution in [2.75, 3.05) is 0 Å². The van der Waals surface area contributed by atoms with Gasteiger partial charge >= 0.3 is 0 Å². The number of benzene rings is 1. The van der Waals surface area contributed by atoms with E-state index >= 15 is 0 Å². The van der Waals surface area contributed by atoms with Crippen LogP contribution in [0.2, 0.25) is 0 Å². The molecule has 0 spiro atoms. The zero-order valence-corrected chi connectivity index (χ0v) is 6.71. The Kier molecular flexibility index (Phi) is 2.86. The van der Waals surface area contributed by atoms with Crippen LogP contribution in [0.25, 0.3) is 0 Å².